The van der Waals surface area contributed by atoms with Crippen molar-refractivity contribution in [2.75, 3.05) is 0 Å². The van der Waals surface area contributed by atoms with Crippen molar-refractivity contribution in [3.05, 3.63) is 23.9 Å². The van der Waals surface area contributed by atoms with E-state index in [-0.39, 0.29) is 34.6 Å². The SMILES string of the molecule is Cc1cccc(S(=O)[O-])n1.[Na+]. The maximum atomic E-state index is 10.3. The van der Waals surface area contributed by atoms with Crippen molar-refractivity contribution in [3.8, 4) is 0 Å². The van der Waals surface area contributed by atoms with E-state index < -0.39 is 11.1 Å². The number of hydrogen-bond acceptors (Lipinski definition) is 3. The number of nitrogens with zero attached hydrogens (tertiary/aromatic N) is 1. The number of aryl methyl sites for hydroxylation is 1. The van der Waals surface area contributed by atoms with Crippen molar-refractivity contribution in [1.82, 2.24) is 4.98 Å². The fourth-order valence-electron chi connectivity index (χ4n) is 0.611. The van der Waals surface area contributed by atoms with E-state index in [1.54, 1.807) is 19.1 Å². The zero-order chi connectivity index (χ0) is 7.56. The van der Waals surface area contributed by atoms with Crippen LogP contribution in [0, 0.1) is 6.92 Å². The van der Waals surface area contributed by atoms with Crippen LogP contribution in [0.15, 0.2) is 23.2 Å². The molecule has 0 N–H and O–H groups in total. The summed E-state index contributed by atoms with van der Waals surface area (Å²) in [5.41, 5.74) is 0.710. The van der Waals surface area contributed by atoms with Gasteiger partial charge in [0.25, 0.3) is 0 Å². The van der Waals surface area contributed by atoms with Gasteiger partial charge in [-0.3, -0.25) is 4.21 Å². The molecule has 0 aliphatic rings. The molecule has 1 rings (SSSR count). The maximum Gasteiger partial charge on any atom is 1.00 e. The van der Waals surface area contributed by atoms with Gasteiger partial charge in [0.05, 0.1) is 0 Å². The standard InChI is InChI=1S/C6H7NO2S.Na/c1-5-3-2-4-6(7-5)10(8)9;/h2-4H,1H3,(H,8,9);/q;+1/p-1. The second kappa shape index (κ2) is 5.00. The molecule has 1 atom stereocenters. The first-order valence-electron chi connectivity index (χ1n) is 2.73. The molecular weight excluding hydrogens is 173 g/mol. The summed E-state index contributed by atoms with van der Waals surface area (Å²) >= 11 is -2.20. The Labute approximate surface area is 89.8 Å². The molecule has 0 saturated heterocycles. The molecule has 1 unspecified atom stereocenters. The van der Waals surface area contributed by atoms with Crippen molar-refractivity contribution in [1.29, 1.82) is 0 Å². The molecule has 0 aromatic carbocycles. The molecule has 0 aliphatic carbocycles. The monoisotopic (exact) mass is 179 g/mol. The first kappa shape index (κ1) is 11.3. The van der Waals surface area contributed by atoms with E-state index in [0.29, 0.717) is 5.69 Å². The van der Waals surface area contributed by atoms with Gasteiger partial charge in [-0.25, -0.2) is 4.98 Å². The van der Waals surface area contributed by atoms with Gasteiger partial charge >= 0.3 is 29.6 Å². The van der Waals surface area contributed by atoms with E-state index in [9.17, 15) is 8.76 Å². The van der Waals surface area contributed by atoms with E-state index >= 15 is 0 Å². The fourth-order valence-corrected chi connectivity index (χ4v) is 1.02. The molecule has 0 aliphatic heterocycles. The van der Waals surface area contributed by atoms with Crippen molar-refractivity contribution in [2.24, 2.45) is 0 Å². The molecular formula is C6H6NNaO2S. The van der Waals surface area contributed by atoms with Gasteiger partial charge in [-0.2, -0.15) is 0 Å². The minimum Gasteiger partial charge on any atom is -0.767 e. The normalized spacial score (nSPS) is 11.8. The maximum absolute atomic E-state index is 10.3. The van der Waals surface area contributed by atoms with Crippen LogP contribution in [0.3, 0.4) is 0 Å². The molecule has 1 heterocycles. The van der Waals surface area contributed by atoms with Gasteiger partial charge in [-0.05, 0) is 30.1 Å². The molecule has 5 heteroatoms. The smallest absolute Gasteiger partial charge is 0.767 e. The van der Waals surface area contributed by atoms with E-state index in [4.69, 9.17) is 0 Å². The van der Waals surface area contributed by atoms with Crippen molar-refractivity contribution in [2.45, 2.75) is 11.9 Å². The predicted octanol–water partition coefficient (Wildman–Crippen LogP) is -2.37. The zero-order valence-corrected chi connectivity index (χ0v) is 9.22. The number of rotatable bonds is 1. The molecule has 3 nitrogen and oxygen atoms in total. The largest absolute Gasteiger partial charge is 1.00 e. The first-order valence-corrected chi connectivity index (χ1v) is 3.80. The van der Waals surface area contributed by atoms with Crippen LogP contribution in [0.1, 0.15) is 5.69 Å². The van der Waals surface area contributed by atoms with Crippen LogP contribution >= 0.6 is 0 Å². The number of pyridine rings is 1. The van der Waals surface area contributed by atoms with Gasteiger partial charge in [0.2, 0.25) is 0 Å². The summed E-state index contributed by atoms with van der Waals surface area (Å²) in [5.74, 6) is 0. The molecule has 54 valence electrons. The Hall–Kier alpha value is 0.260. The Morgan fingerprint density at radius 3 is 2.55 bits per heavy atom. The Balaban J connectivity index is 0.000001000. The van der Waals surface area contributed by atoms with Crippen LogP contribution in [0.25, 0.3) is 0 Å². The summed E-state index contributed by atoms with van der Waals surface area (Å²) in [4.78, 5) is 3.76. The summed E-state index contributed by atoms with van der Waals surface area (Å²) in [7, 11) is 0. The summed E-state index contributed by atoms with van der Waals surface area (Å²) in [5, 5.41) is 0.0972. The molecule has 0 bridgehead atoms. The second-order valence-electron chi connectivity index (χ2n) is 1.85. The molecule has 1 aromatic heterocycles. The molecule has 11 heavy (non-hydrogen) atoms. The summed E-state index contributed by atoms with van der Waals surface area (Å²) in [6.45, 7) is 1.75. The topological polar surface area (TPSA) is 53.0 Å². The van der Waals surface area contributed by atoms with Gasteiger partial charge in [0.15, 0.2) is 0 Å². The van der Waals surface area contributed by atoms with Gasteiger partial charge in [0.1, 0.15) is 5.03 Å². The number of hydrogen-bond donors (Lipinski definition) is 0. The minimum absolute atomic E-state index is 0. The average molecular weight is 179 g/mol. The van der Waals surface area contributed by atoms with Crippen molar-refractivity contribution in [3.63, 3.8) is 0 Å². The third kappa shape index (κ3) is 3.44. The van der Waals surface area contributed by atoms with Gasteiger partial charge < -0.3 is 4.55 Å². The van der Waals surface area contributed by atoms with Gasteiger partial charge in [0, 0.05) is 5.69 Å². The zero-order valence-electron chi connectivity index (χ0n) is 6.40. The van der Waals surface area contributed by atoms with Crippen LogP contribution in [0.4, 0.5) is 0 Å². The molecule has 0 saturated carbocycles. The van der Waals surface area contributed by atoms with Gasteiger partial charge in [-0.15, -0.1) is 0 Å². The van der Waals surface area contributed by atoms with Gasteiger partial charge in [-0.1, -0.05) is 6.07 Å². The third-order valence-corrected chi connectivity index (χ3v) is 1.60. The van der Waals surface area contributed by atoms with Crippen LogP contribution in [-0.2, 0) is 11.1 Å². The van der Waals surface area contributed by atoms with Crippen LogP contribution in [0.2, 0.25) is 0 Å². The molecule has 0 spiro atoms. The number of aromatic nitrogens is 1. The summed E-state index contributed by atoms with van der Waals surface area (Å²) in [6.07, 6.45) is 0. The molecule has 1 aromatic rings. The van der Waals surface area contributed by atoms with Crippen LogP contribution < -0.4 is 29.6 Å². The van der Waals surface area contributed by atoms with E-state index in [2.05, 4.69) is 4.98 Å². The Kier molecular flexibility index (Phi) is 5.12. The molecule has 0 fully saturated rings. The Morgan fingerprint density at radius 1 is 1.55 bits per heavy atom. The van der Waals surface area contributed by atoms with Crippen molar-refractivity contribution < 1.29 is 38.3 Å². The van der Waals surface area contributed by atoms with E-state index in [1.807, 2.05) is 0 Å². The second-order valence-corrected chi connectivity index (χ2v) is 2.74. The average Bonchev–Trinajstić information content (AvgIpc) is 1.88. The van der Waals surface area contributed by atoms with Crippen molar-refractivity contribution >= 4 is 11.1 Å². The van der Waals surface area contributed by atoms with E-state index in [1.165, 1.54) is 6.07 Å². The minimum atomic E-state index is -2.20. The third-order valence-electron chi connectivity index (χ3n) is 1.03. The summed E-state index contributed by atoms with van der Waals surface area (Å²) in [6, 6.07) is 4.86. The fraction of sp³-hybridized carbons (Fsp3) is 0.167. The van der Waals surface area contributed by atoms with Crippen LogP contribution in [-0.4, -0.2) is 13.7 Å². The van der Waals surface area contributed by atoms with Crippen LogP contribution in [0.5, 0.6) is 0 Å². The Bertz CT molecular complexity index is 267. The van der Waals surface area contributed by atoms with E-state index in [0.717, 1.165) is 0 Å². The summed E-state index contributed by atoms with van der Waals surface area (Å²) < 4.78 is 20.6. The molecule has 0 amide bonds. The first-order chi connectivity index (χ1) is 4.70. The predicted molar refractivity (Wildman–Crippen MR) is 36.2 cm³/mol. The Morgan fingerprint density at radius 2 is 2.18 bits per heavy atom. The molecule has 0 radical (unpaired) electrons. The quantitative estimate of drug-likeness (QED) is 0.358.